The number of H-pyrrole nitrogens is 2. The van der Waals surface area contributed by atoms with E-state index in [0.29, 0.717) is 6.42 Å². The maximum absolute atomic E-state index is 13.1. The zero-order valence-electron chi connectivity index (χ0n) is 21.5. The third-order valence-electron chi connectivity index (χ3n) is 7.15. The van der Waals surface area contributed by atoms with Crippen molar-refractivity contribution < 1.29 is 4.74 Å². The molecule has 1 aliphatic rings. The number of benzene rings is 3. The van der Waals surface area contributed by atoms with Crippen LogP contribution in [0.25, 0.3) is 33.3 Å². The minimum absolute atomic E-state index is 0.0620. The van der Waals surface area contributed by atoms with Crippen molar-refractivity contribution in [2.75, 3.05) is 56.7 Å². The van der Waals surface area contributed by atoms with Crippen LogP contribution >= 0.6 is 0 Å². The molecule has 0 atom stereocenters. The van der Waals surface area contributed by atoms with Gasteiger partial charge in [0.05, 0.1) is 35.5 Å². The maximum Gasteiger partial charge on any atom is 0.254 e. The number of imidazole rings is 1. The Kier molecular flexibility index (Phi) is 6.81. The second kappa shape index (κ2) is 10.7. The number of rotatable bonds is 8. The summed E-state index contributed by atoms with van der Waals surface area (Å²) >= 11 is 0. The molecule has 0 bridgehead atoms. The minimum atomic E-state index is -0.0620. The fourth-order valence-electron chi connectivity index (χ4n) is 5.10. The second-order valence-electron chi connectivity index (χ2n) is 9.64. The van der Waals surface area contributed by atoms with E-state index < -0.39 is 0 Å². The lowest BCUT2D eigenvalue weighted by molar-refractivity contribution is 0.122. The number of nitrogens with zero attached hydrogens (tertiary/aromatic N) is 2. The van der Waals surface area contributed by atoms with E-state index in [4.69, 9.17) is 9.72 Å². The number of fused-ring (bicyclic) bond motifs is 2. The van der Waals surface area contributed by atoms with Gasteiger partial charge >= 0.3 is 0 Å². The third kappa shape index (κ3) is 4.88. The number of likely N-dealkylation sites (N-methyl/N-ethyl adjacent to an activating group) is 1. The SMILES string of the molecule is CNCCNc1c(Cc2ccc(-c3nc4ccc(N5CCOCC5)cc4[nH]3)cc2)c(=O)[nH]c2ccccc12. The Balaban J connectivity index is 1.26. The van der Waals surface area contributed by atoms with Gasteiger partial charge in [-0.15, -0.1) is 0 Å². The quantitative estimate of drug-likeness (QED) is 0.235. The molecule has 1 aliphatic heterocycles. The first kappa shape index (κ1) is 24.2. The van der Waals surface area contributed by atoms with Gasteiger partial charge in [-0.1, -0.05) is 42.5 Å². The molecule has 4 N–H and O–H groups in total. The molecule has 6 rings (SSSR count). The predicted octanol–water partition coefficient (Wildman–Crippen LogP) is 4.13. The molecule has 2 aromatic heterocycles. The van der Waals surface area contributed by atoms with Gasteiger partial charge in [-0.05, 0) is 36.9 Å². The van der Waals surface area contributed by atoms with Crippen LogP contribution < -0.4 is 21.1 Å². The molecule has 0 amide bonds. The van der Waals surface area contributed by atoms with Crippen LogP contribution in [0.3, 0.4) is 0 Å². The minimum Gasteiger partial charge on any atom is -0.383 e. The summed E-state index contributed by atoms with van der Waals surface area (Å²) < 4.78 is 5.48. The molecule has 8 heteroatoms. The van der Waals surface area contributed by atoms with Crippen LogP contribution in [0.5, 0.6) is 0 Å². The lowest BCUT2D eigenvalue weighted by Crippen LogP contribution is -2.36. The average Bonchev–Trinajstić information content (AvgIpc) is 3.39. The molecule has 0 radical (unpaired) electrons. The summed E-state index contributed by atoms with van der Waals surface area (Å²) in [7, 11) is 1.92. The first-order chi connectivity index (χ1) is 18.7. The van der Waals surface area contributed by atoms with Crippen molar-refractivity contribution in [3.63, 3.8) is 0 Å². The first-order valence-corrected chi connectivity index (χ1v) is 13.1. The molecule has 3 heterocycles. The molecular weight excluding hydrogens is 476 g/mol. The van der Waals surface area contributed by atoms with Gasteiger partial charge in [-0.25, -0.2) is 4.98 Å². The Morgan fingerprint density at radius 3 is 2.58 bits per heavy atom. The molecule has 194 valence electrons. The molecule has 5 aromatic rings. The van der Waals surface area contributed by atoms with Crippen molar-refractivity contribution in [3.05, 3.63) is 88.2 Å². The van der Waals surface area contributed by atoms with E-state index in [1.165, 1.54) is 5.69 Å². The monoisotopic (exact) mass is 508 g/mol. The summed E-state index contributed by atoms with van der Waals surface area (Å²) in [5.41, 5.74) is 7.65. The van der Waals surface area contributed by atoms with Crippen molar-refractivity contribution in [1.82, 2.24) is 20.3 Å². The Labute approximate surface area is 221 Å². The summed E-state index contributed by atoms with van der Waals surface area (Å²) in [6.45, 7) is 4.87. The molecule has 1 fully saturated rings. The lowest BCUT2D eigenvalue weighted by Gasteiger charge is -2.28. The highest BCUT2D eigenvalue weighted by atomic mass is 16.5. The summed E-state index contributed by atoms with van der Waals surface area (Å²) in [5.74, 6) is 0.837. The Morgan fingerprint density at radius 2 is 1.76 bits per heavy atom. The van der Waals surface area contributed by atoms with Gasteiger partial charge in [0.1, 0.15) is 5.82 Å². The van der Waals surface area contributed by atoms with Crippen molar-refractivity contribution >= 4 is 33.3 Å². The number of para-hydroxylation sites is 1. The van der Waals surface area contributed by atoms with Crippen LogP contribution in [-0.4, -0.2) is 61.4 Å². The largest absolute Gasteiger partial charge is 0.383 e. The van der Waals surface area contributed by atoms with E-state index in [1.54, 1.807) is 0 Å². The standard InChI is InChI=1S/C30H32N6O2/c1-31-12-13-32-28-23-4-2-3-5-25(23)35-30(37)24(28)18-20-6-8-21(9-7-20)29-33-26-11-10-22(19-27(26)34-29)36-14-16-38-17-15-36/h2-11,19,31H,12-18H2,1H3,(H,33,34)(H2,32,35,37). The molecule has 0 spiro atoms. The zero-order chi connectivity index (χ0) is 25.9. The third-order valence-corrected chi connectivity index (χ3v) is 7.15. The molecule has 38 heavy (non-hydrogen) atoms. The summed E-state index contributed by atoms with van der Waals surface area (Å²) in [6, 6.07) is 22.6. The number of hydrogen-bond donors (Lipinski definition) is 4. The van der Waals surface area contributed by atoms with Crippen LogP contribution in [0, 0.1) is 0 Å². The number of aromatic nitrogens is 3. The molecule has 0 aliphatic carbocycles. The Bertz CT molecular complexity index is 1620. The van der Waals surface area contributed by atoms with Gasteiger partial charge in [0.15, 0.2) is 0 Å². The molecule has 3 aromatic carbocycles. The van der Waals surface area contributed by atoms with Crippen molar-refractivity contribution in [2.24, 2.45) is 0 Å². The predicted molar refractivity (Wildman–Crippen MR) is 154 cm³/mol. The Morgan fingerprint density at radius 1 is 0.947 bits per heavy atom. The summed E-state index contributed by atoms with van der Waals surface area (Å²) in [6.07, 6.45) is 0.533. The van der Waals surface area contributed by atoms with Gasteiger partial charge in [-0.3, -0.25) is 4.79 Å². The van der Waals surface area contributed by atoms with Crippen molar-refractivity contribution in [3.8, 4) is 11.4 Å². The smallest absolute Gasteiger partial charge is 0.254 e. The number of aromatic amines is 2. The highest BCUT2D eigenvalue weighted by Crippen LogP contribution is 2.28. The van der Waals surface area contributed by atoms with Gasteiger partial charge in [0.2, 0.25) is 0 Å². The molecule has 0 saturated carbocycles. The topological polar surface area (TPSA) is 98.1 Å². The fraction of sp³-hybridized carbons (Fsp3) is 0.267. The van der Waals surface area contributed by atoms with Gasteiger partial charge in [0.25, 0.3) is 5.56 Å². The van der Waals surface area contributed by atoms with Crippen LogP contribution in [0.4, 0.5) is 11.4 Å². The normalized spacial score (nSPS) is 13.9. The van der Waals surface area contributed by atoms with E-state index >= 15 is 0 Å². The number of anilines is 2. The summed E-state index contributed by atoms with van der Waals surface area (Å²) in [4.78, 5) is 26.8. The lowest BCUT2D eigenvalue weighted by atomic mass is 10.0. The number of ether oxygens (including phenoxy) is 1. The average molecular weight is 509 g/mol. The van der Waals surface area contributed by atoms with E-state index in [1.807, 2.05) is 31.3 Å². The molecule has 8 nitrogen and oxygen atoms in total. The number of morpholine rings is 1. The number of nitrogens with one attached hydrogen (secondary N) is 4. The van der Waals surface area contributed by atoms with E-state index in [9.17, 15) is 4.79 Å². The number of pyridine rings is 1. The molecular formula is C30H32N6O2. The van der Waals surface area contributed by atoms with Crippen LogP contribution in [0.1, 0.15) is 11.1 Å². The van der Waals surface area contributed by atoms with Gasteiger partial charge in [-0.2, -0.15) is 0 Å². The van der Waals surface area contributed by atoms with Crippen LogP contribution in [0.15, 0.2) is 71.5 Å². The molecule has 1 saturated heterocycles. The van der Waals surface area contributed by atoms with E-state index in [2.05, 4.69) is 68.0 Å². The van der Waals surface area contributed by atoms with Crippen molar-refractivity contribution in [2.45, 2.75) is 6.42 Å². The highest BCUT2D eigenvalue weighted by molar-refractivity contribution is 5.93. The van der Waals surface area contributed by atoms with Gasteiger partial charge in [0, 0.05) is 54.8 Å². The Hall–Kier alpha value is -4.14. The van der Waals surface area contributed by atoms with Crippen LogP contribution in [-0.2, 0) is 11.2 Å². The number of hydrogen-bond acceptors (Lipinski definition) is 6. The first-order valence-electron chi connectivity index (χ1n) is 13.1. The maximum atomic E-state index is 13.1. The van der Waals surface area contributed by atoms with E-state index in [-0.39, 0.29) is 5.56 Å². The summed E-state index contributed by atoms with van der Waals surface area (Å²) in [5, 5.41) is 7.67. The highest BCUT2D eigenvalue weighted by Gasteiger charge is 2.15. The van der Waals surface area contributed by atoms with E-state index in [0.717, 1.165) is 89.5 Å². The molecule has 0 unspecified atom stereocenters. The fourth-order valence-corrected chi connectivity index (χ4v) is 5.10. The van der Waals surface area contributed by atoms with Gasteiger partial charge < -0.3 is 30.2 Å². The van der Waals surface area contributed by atoms with Crippen molar-refractivity contribution in [1.29, 1.82) is 0 Å². The zero-order valence-corrected chi connectivity index (χ0v) is 21.5. The van der Waals surface area contributed by atoms with Crippen LogP contribution in [0.2, 0.25) is 0 Å². The second-order valence-corrected chi connectivity index (χ2v) is 9.64.